The molecule has 1 radical (unpaired) electrons. The molecule has 1 aromatic heterocycles. The first-order valence-corrected chi connectivity index (χ1v) is 6.05. The molecule has 0 atom stereocenters. The second kappa shape index (κ2) is 4.48. The number of ether oxygens (including phenoxy) is 1. The Morgan fingerprint density at radius 3 is 2.56 bits per heavy atom. The lowest BCUT2D eigenvalue weighted by molar-refractivity contribution is 0.0542. The molecule has 0 aliphatic carbocycles. The van der Waals surface area contributed by atoms with Crippen molar-refractivity contribution in [2.75, 3.05) is 0 Å². The molecular weight excluding hydrogens is 226 g/mol. The van der Waals surface area contributed by atoms with Crippen molar-refractivity contribution < 1.29 is 9.53 Å². The van der Waals surface area contributed by atoms with Crippen LogP contribution in [0.2, 0.25) is 0 Å². The van der Waals surface area contributed by atoms with Gasteiger partial charge in [0.2, 0.25) is 0 Å². The lowest BCUT2D eigenvalue weighted by Crippen LogP contribution is -2.27. The molecule has 0 bridgehead atoms. The van der Waals surface area contributed by atoms with Gasteiger partial charge in [-0.1, -0.05) is 25.1 Å². The minimum atomic E-state index is -0.493. The van der Waals surface area contributed by atoms with E-state index in [0.29, 0.717) is 0 Å². The molecule has 0 saturated carbocycles. The van der Waals surface area contributed by atoms with Crippen molar-refractivity contribution in [3.05, 3.63) is 42.4 Å². The van der Waals surface area contributed by atoms with Crippen LogP contribution in [0, 0.1) is 6.42 Å². The summed E-state index contributed by atoms with van der Waals surface area (Å²) < 4.78 is 7.05. The van der Waals surface area contributed by atoms with Gasteiger partial charge in [-0.05, 0) is 32.9 Å². The topological polar surface area (TPSA) is 31.2 Å². The molecule has 0 spiro atoms. The largest absolute Gasteiger partial charge is 0.443 e. The van der Waals surface area contributed by atoms with Crippen LogP contribution in [0.4, 0.5) is 4.79 Å². The van der Waals surface area contributed by atoms with Gasteiger partial charge in [0.15, 0.2) is 0 Å². The molecule has 2 aromatic rings. The van der Waals surface area contributed by atoms with Gasteiger partial charge < -0.3 is 4.74 Å². The maximum absolute atomic E-state index is 12.2. The van der Waals surface area contributed by atoms with E-state index in [2.05, 4.69) is 0 Å². The van der Waals surface area contributed by atoms with Gasteiger partial charge >= 0.3 is 6.09 Å². The molecule has 2 rings (SSSR count). The van der Waals surface area contributed by atoms with E-state index in [-0.39, 0.29) is 6.09 Å². The van der Waals surface area contributed by atoms with Crippen molar-refractivity contribution >= 4 is 17.0 Å². The maximum Gasteiger partial charge on any atom is 0.419 e. The molecule has 3 nitrogen and oxygen atoms in total. The van der Waals surface area contributed by atoms with Crippen molar-refractivity contribution in [3.8, 4) is 0 Å². The van der Waals surface area contributed by atoms with Crippen LogP contribution in [0.25, 0.3) is 10.9 Å². The Morgan fingerprint density at radius 1 is 1.28 bits per heavy atom. The van der Waals surface area contributed by atoms with Gasteiger partial charge in [0.25, 0.3) is 0 Å². The van der Waals surface area contributed by atoms with Gasteiger partial charge in [0.1, 0.15) is 5.60 Å². The Labute approximate surface area is 107 Å². The van der Waals surface area contributed by atoms with Crippen LogP contribution in [-0.4, -0.2) is 16.3 Å². The third-order valence-electron chi connectivity index (χ3n) is 2.61. The standard InChI is InChI=1S/C15H18NO2/c1-5-12-10-11-8-6-7-9-13(11)16(12)14(17)18-15(2,3)4/h5-10H,1-4H3. The van der Waals surface area contributed by atoms with E-state index in [1.807, 2.05) is 64.4 Å². The summed E-state index contributed by atoms with van der Waals surface area (Å²) in [6, 6.07) is 9.78. The SMILES string of the molecule is C[CH]c1cc2ccccc2n1C(=O)OC(C)(C)C. The fourth-order valence-electron chi connectivity index (χ4n) is 1.90. The molecule has 1 heterocycles. The fourth-order valence-corrected chi connectivity index (χ4v) is 1.90. The predicted molar refractivity (Wildman–Crippen MR) is 72.6 cm³/mol. The van der Waals surface area contributed by atoms with E-state index in [0.717, 1.165) is 16.6 Å². The molecule has 3 heteroatoms. The van der Waals surface area contributed by atoms with Crippen LogP contribution in [0.15, 0.2) is 30.3 Å². The quantitative estimate of drug-likeness (QED) is 0.759. The summed E-state index contributed by atoms with van der Waals surface area (Å²) in [5, 5.41) is 1.04. The van der Waals surface area contributed by atoms with Gasteiger partial charge in [-0.2, -0.15) is 0 Å². The lowest BCUT2D eigenvalue weighted by atomic mass is 10.2. The summed E-state index contributed by atoms with van der Waals surface area (Å²) in [5.74, 6) is 0. The first-order valence-electron chi connectivity index (χ1n) is 6.05. The Balaban J connectivity index is 2.51. The molecule has 18 heavy (non-hydrogen) atoms. The van der Waals surface area contributed by atoms with E-state index in [1.54, 1.807) is 4.57 Å². The number of nitrogens with zero attached hydrogens (tertiary/aromatic N) is 1. The average molecular weight is 244 g/mol. The number of carbonyl (C=O) groups excluding carboxylic acids is 1. The van der Waals surface area contributed by atoms with Crippen LogP contribution in [0.5, 0.6) is 0 Å². The molecule has 0 fully saturated rings. The van der Waals surface area contributed by atoms with Gasteiger partial charge in [-0.25, -0.2) is 9.36 Å². The second-order valence-electron chi connectivity index (χ2n) is 5.23. The van der Waals surface area contributed by atoms with Gasteiger partial charge in [-0.3, -0.25) is 0 Å². The highest BCUT2D eigenvalue weighted by atomic mass is 16.6. The van der Waals surface area contributed by atoms with Gasteiger partial charge in [0, 0.05) is 17.5 Å². The zero-order chi connectivity index (χ0) is 13.3. The summed E-state index contributed by atoms with van der Waals surface area (Å²) >= 11 is 0. The molecule has 0 aliphatic rings. The normalized spacial score (nSPS) is 11.8. The number of aromatic nitrogens is 1. The summed E-state index contributed by atoms with van der Waals surface area (Å²) in [6.07, 6.45) is 1.57. The van der Waals surface area contributed by atoms with E-state index >= 15 is 0 Å². The lowest BCUT2D eigenvalue weighted by Gasteiger charge is -2.20. The molecule has 0 saturated heterocycles. The number of carbonyl (C=O) groups is 1. The maximum atomic E-state index is 12.2. The Bertz CT molecular complexity index is 576. The zero-order valence-electron chi connectivity index (χ0n) is 11.2. The Hall–Kier alpha value is -1.77. The van der Waals surface area contributed by atoms with Crippen LogP contribution >= 0.6 is 0 Å². The summed E-state index contributed by atoms with van der Waals surface area (Å²) in [6.45, 7) is 7.51. The third kappa shape index (κ3) is 2.40. The number of rotatable bonds is 1. The molecular formula is C15H18NO2. The number of fused-ring (bicyclic) bond motifs is 1. The number of hydrogen-bond acceptors (Lipinski definition) is 2. The zero-order valence-corrected chi connectivity index (χ0v) is 11.2. The van der Waals surface area contributed by atoms with Crippen molar-refractivity contribution in [1.82, 2.24) is 4.57 Å². The minimum absolute atomic E-state index is 0.336. The molecule has 95 valence electrons. The highest BCUT2D eigenvalue weighted by molar-refractivity contribution is 5.91. The summed E-state index contributed by atoms with van der Waals surface area (Å²) in [4.78, 5) is 12.2. The first kappa shape index (κ1) is 12.7. The van der Waals surface area contributed by atoms with E-state index in [4.69, 9.17) is 4.74 Å². The van der Waals surface area contributed by atoms with E-state index in [9.17, 15) is 4.79 Å². The van der Waals surface area contributed by atoms with Crippen LogP contribution < -0.4 is 0 Å². The number of benzene rings is 1. The van der Waals surface area contributed by atoms with Crippen molar-refractivity contribution in [3.63, 3.8) is 0 Å². The Kier molecular flexibility index (Phi) is 3.16. The smallest absolute Gasteiger partial charge is 0.419 e. The molecule has 0 amide bonds. The molecule has 0 N–H and O–H groups in total. The second-order valence-corrected chi connectivity index (χ2v) is 5.23. The third-order valence-corrected chi connectivity index (χ3v) is 2.61. The number of para-hydroxylation sites is 1. The number of hydrogen-bond donors (Lipinski definition) is 0. The predicted octanol–water partition coefficient (Wildman–Crippen LogP) is 4.00. The van der Waals surface area contributed by atoms with E-state index < -0.39 is 5.60 Å². The van der Waals surface area contributed by atoms with Crippen molar-refractivity contribution in [2.24, 2.45) is 0 Å². The summed E-state index contributed by atoms with van der Waals surface area (Å²) in [7, 11) is 0. The van der Waals surface area contributed by atoms with Crippen LogP contribution in [-0.2, 0) is 4.74 Å². The molecule has 0 unspecified atom stereocenters. The minimum Gasteiger partial charge on any atom is -0.443 e. The van der Waals surface area contributed by atoms with Gasteiger partial charge in [-0.15, -0.1) is 0 Å². The average Bonchev–Trinajstić information content (AvgIpc) is 2.64. The van der Waals surface area contributed by atoms with Crippen molar-refractivity contribution in [2.45, 2.75) is 33.3 Å². The van der Waals surface area contributed by atoms with E-state index in [1.165, 1.54) is 0 Å². The monoisotopic (exact) mass is 244 g/mol. The Morgan fingerprint density at radius 2 is 1.94 bits per heavy atom. The highest BCUT2D eigenvalue weighted by Crippen LogP contribution is 2.22. The first-order chi connectivity index (χ1) is 8.42. The molecule has 0 aliphatic heterocycles. The summed E-state index contributed by atoms with van der Waals surface area (Å²) in [5.41, 5.74) is 1.23. The highest BCUT2D eigenvalue weighted by Gasteiger charge is 2.21. The van der Waals surface area contributed by atoms with Crippen molar-refractivity contribution in [1.29, 1.82) is 0 Å². The van der Waals surface area contributed by atoms with Gasteiger partial charge in [0.05, 0.1) is 5.52 Å². The van der Waals surface area contributed by atoms with Crippen LogP contribution in [0.1, 0.15) is 33.4 Å². The molecule has 1 aromatic carbocycles. The fraction of sp³-hybridized carbons (Fsp3) is 0.333. The van der Waals surface area contributed by atoms with Crippen LogP contribution in [0.3, 0.4) is 0 Å².